The van der Waals surface area contributed by atoms with E-state index in [0.717, 1.165) is 6.42 Å². The van der Waals surface area contributed by atoms with Crippen LogP contribution in [0.2, 0.25) is 5.02 Å². The van der Waals surface area contributed by atoms with Crippen LogP contribution in [0.5, 0.6) is 0 Å². The van der Waals surface area contributed by atoms with Gasteiger partial charge in [-0.2, -0.15) is 12.7 Å². The van der Waals surface area contributed by atoms with E-state index in [1.807, 2.05) is 0 Å². The maximum Gasteiger partial charge on any atom is 0.301 e. The first-order valence-electron chi connectivity index (χ1n) is 6.26. The molecular formula is C12H18ClN3O2S. The molecule has 5 nitrogen and oxygen atoms in total. The molecule has 0 aromatic carbocycles. The molecule has 2 atom stereocenters. The fourth-order valence-electron chi connectivity index (χ4n) is 2.46. The molecule has 7 heteroatoms. The van der Waals surface area contributed by atoms with Gasteiger partial charge in [-0.1, -0.05) is 25.4 Å². The van der Waals surface area contributed by atoms with Crippen molar-refractivity contribution in [2.24, 2.45) is 11.8 Å². The van der Waals surface area contributed by atoms with E-state index in [0.29, 0.717) is 35.6 Å². The van der Waals surface area contributed by atoms with Crippen molar-refractivity contribution in [3.05, 3.63) is 23.5 Å². The van der Waals surface area contributed by atoms with Gasteiger partial charge < -0.3 is 0 Å². The third-order valence-corrected chi connectivity index (χ3v) is 4.97. The molecule has 0 saturated carbocycles. The first-order chi connectivity index (χ1) is 8.88. The number of hydrogen-bond acceptors (Lipinski definition) is 3. The summed E-state index contributed by atoms with van der Waals surface area (Å²) in [4.78, 5) is 3.87. The van der Waals surface area contributed by atoms with Crippen LogP contribution < -0.4 is 4.72 Å². The lowest BCUT2D eigenvalue weighted by molar-refractivity contribution is 0.223. The second-order valence-corrected chi connectivity index (χ2v) is 7.30. The van der Waals surface area contributed by atoms with Crippen LogP contribution >= 0.6 is 11.6 Å². The van der Waals surface area contributed by atoms with Gasteiger partial charge in [0.05, 0.1) is 16.9 Å². The molecule has 0 bridgehead atoms. The van der Waals surface area contributed by atoms with Crippen LogP contribution in [0.25, 0.3) is 0 Å². The van der Waals surface area contributed by atoms with Crippen molar-refractivity contribution in [3.8, 4) is 0 Å². The summed E-state index contributed by atoms with van der Waals surface area (Å²) in [5.74, 6) is 0.731. The fourth-order valence-corrected chi connectivity index (χ4v) is 4.14. The molecule has 0 aliphatic carbocycles. The largest absolute Gasteiger partial charge is 0.301 e. The maximum absolute atomic E-state index is 12.3. The molecule has 1 fully saturated rings. The Bertz CT molecular complexity index is 540. The van der Waals surface area contributed by atoms with Crippen LogP contribution in [0.4, 0.5) is 5.69 Å². The molecule has 1 N–H and O–H groups in total. The molecule has 1 aromatic rings. The molecule has 1 aliphatic rings. The van der Waals surface area contributed by atoms with Gasteiger partial charge in [0.15, 0.2) is 0 Å². The zero-order valence-corrected chi connectivity index (χ0v) is 12.6. The van der Waals surface area contributed by atoms with Gasteiger partial charge in [0.2, 0.25) is 0 Å². The lowest BCUT2D eigenvalue weighted by atomic mass is 9.94. The Hall–Kier alpha value is -0.850. The van der Waals surface area contributed by atoms with Crippen LogP contribution in [-0.4, -0.2) is 30.8 Å². The Morgan fingerprint density at radius 3 is 2.58 bits per heavy atom. The summed E-state index contributed by atoms with van der Waals surface area (Å²) in [6, 6.07) is 1.56. The maximum atomic E-state index is 12.3. The Balaban J connectivity index is 2.16. The zero-order valence-electron chi connectivity index (χ0n) is 11.0. The first kappa shape index (κ1) is 14.6. The van der Waals surface area contributed by atoms with Crippen LogP contribution in [0.15, 0.2) is 18.5 Å². The normalized spacial score (nSPS) is 25.2. The molecule has 2 heterocycles. The Kier molecular flexibility index (Phi) is 4.32. The number of hydrogen-bond donors (Lipinski definition) is 1. The van der Waals surface area contributed by atoms with Crippen LogP contribution in [0.1, 0.15) is 20.3 Å². The summed E-state index contributed by atoms with van der Waals surface area (Å²) < 4.78 is 28.6. The van der Waals surface area contributed by atoms with E-state index in [2.05, 4.69) is 23.6 Å². The summed E-state index contributed by atoms with van der Waals surface area (Å²) in [5.41, 5.74) is 0.315. The van der Waals surface area contributed by atoms with Gasteiger partial charge >= 0.3 is 10.2 Å². The number of nitrogens with zero attached hydrogens (tertiary/aromatic N) is 2. The van der Waals surface area contributed by atoms with Gasteiger partial charge in [-0.15, -0.1) is 0 Å². The Morgan fingerprint density at radius 1 is 1.37 bits per heavy atom. The van der Waals surface area contributed by atoms with Crippen molar-refractivity contribution in [3.63, 3.8) is 0 Å². The number of rotatable bonds is 3. The van der Waals surface area contributed by atoms with Gasteiger partial charge in [0.25, 0.3) is 0 Å². The number of nitrogens with one attached hydrogen (secondary N) is 1. The van der Waals surface area contributed by atoms with Gasteiger partial charge in [0, 0.05) is 19.3 Å². The highest BCUT2D eigenvalue weighted by atomic mass is 35.5. The summed E-state index contributed by atoms with van der Waals surface area (Å²) in [7, 11) is -3.57. The highest BCUT2D eigenvalue weighted by Crippen LogP contribution is 2.26. The minimum Gasteiger partial charge on any atom is -0.268 e. The fraction of sp³-hybridized carbons (Fsp3) is 0.583. The molecule has 1 aliphatic heterocycles. The Morgan fingerprint density at radius 2 is 2.00 bits per heavy atom. The van der Waals surface area contributed by atoms with E-state index in [-0.39, 0.29) is 0 Å². The molecule has 106 valence electrons. The predicted octanol–water partition coefficient (Wildman–Crippen LogP) is 2.37. The second kappa shape index (κ2) is 5.64. The summed E-state index contributed by atoms with van der Waals surface area (Å²) in [6.45, 7) is 5.21. The molecule has 0 spiro atoms. The van der Waals surface area contributed by atoms with Gasteiger partial charge in [-0.3, -0.25) is 9.71 Å². The predicted molar refractivity (Wildman–Crippen MR) is 76.3 cm³/mol. The van der Waals surface area contributed by atoms with Crippen molar-refractivity contribution >= 4 is 27.5 Å². The Labute approximate surface area is 119 Å². The molecule has 2 unspecified atom stereocenters. The SMILES string of the molecule is CC1CC(C)CN(S(=O)(=O)Nc2cnccc2Cl)C1. The van der Waals surface area contributed by atoms with Gasteiger partial charge in [-0.25, -0.2) is 0 Å². The number of piperidine rings is 1. The van der Waals surface area contributed by atoms with E-state index < -0.39 is 10.2 Å². The van der Waals surface area contributed by atoms with Crippen LogP contribution in [-0.2, 0) is 10.2 Å². The van der Waals surface area contributed by atoms with Crippen molar-refractivity contribution in [1.29, 1.82) is 0 Å². The summed E-state index contributed by atoms with van der Waals surface area (Å²) in [5, 5.41) is 0.344. The van der Waals surface area contributed by atoms with Crippen molar-refractivity contribution in [2.75, 3.05) is 17.8 Å². The summed E-state index contributed by atoms with van der Waals surface area (Å²) >= 11 is 5.94. The third kappa shape index (κ3) is 3.58. The zero-order chi connectivity index (χ0) is 14.0. The van der Waals surface area contributed by atoms with E-state index in [1.165, 1.54) is 16.7 Å². The smallest absolute Gasteiger partial charge is 0.268 e. The molecule has 0 radical (unpaired) electrons. The van der Waals surface area contributed by atoms with Crippen LogP contribution in [0, 0.1) is 11.8 Å². The number of pyridine rings is 1. The first-order valence-corrected chi connectivity index (χ1v) is 8.07. The highest BCUT2D eigenvalue weighted by Gasteiger charge is 2.30. The molecule has 1 aromatic heterocycles. The van der Waals surface area contributed by atoms with E-state index in [1.54, 1.807) is 6.07 Å². The lowest BCUT2D eigenvalue weighted by Crippen LogP contribution is -2.45. The number of aromatic nitrogens is 1. The van der Waals surface area contributed by atoms with Crippen molar-refractivity contribution in [1.82, 2.24) is 9.29 Å². The average molecular weight is 304 g/mol. The minimum absolute atomic E-state index is 0.315. The van der Waals surface area contributed by atoms with Crippen LogP contribution in [0.3, 0.4) is 0 Å². The van der Waals surface area contributed by atoms with E-state index >= 15 is 0 Å². The quantitative estimate of drug-likeness (QED) is 0.932. The standard InChI is InChI=1S/C12H18ClN3O2S/c1-9-5-10(2)8-16(7-9)19(17,18)15-12-6-14-4-3-11(12)13/h3-4,6,9-10,15H,5,7-8H2,1-2H3. The molecule has 2 rings (SSSR count). The minimum atomic E-state index is -3.57. The van der Waals surface area contributed by atoms with Crippen molar-refractivity contribution < 1.29 is 8.42 Å². The van der Waals surface area contributed by atoms with Gasteiger partial charge in [0.1, 0.15) is 0 Å². The second-order valence-electron chi connectivity index (χ2n) is 5.23. The molecular weight excluding hydrogens is 286 g/mol. The average Bonchev–Trinajstić information content (AvgIpc) is 2.31. The summed E-state index contributed by atoms with van der Waals surface area (Å²) in [6.07, 6.45) is 3.99. The highest BCUT2D eigenvalue weighted by molar-refractivity contribution is 7.90. The number of anilines is 1. The lowest BCUT2D eigenvalue weighted by Gasteiger charge is -2.34. The monoisotopic (exact) mass is 303 g/mol. The molecule has 19 heavy (non-hydrogen) atoms. The van der Waals surface area contributed by atoms with Crippen molar-refractivity contribution in [2.45, 2.75) is 20.3 Å². The van der Waals surface area contributed by atoms with E-state index in [4.69, 9.17) is 11.6 Å². The van der Waals surface area contributed by atoms with E-state index in [9.17, 15) is 8.42 Å². The molecule has 1 saturated heterocycles. The van der Waals surface area contributed by atoms with Gasteiger partial charge in [-0.05, 0) is 24.3 Å². The third-order valence-electron chi connectivity index (χ3n) is 3.18. The number of halogens is 1. The topological polar surface area (TPSA) is 62.3 Å². The molecule has 0 amide bonds.